The number of allylic oxidation sites excluding steroid dienone is 2. The number of aliphatic carboxylic acids is 1. The summed E-state index contributed by atoms with van der Waals surface area (Å²) in [5.41, 5.74) is 0. The van der Waals surface area contributed by atoms with Gasteiger partial charge >= 0.3 is 5.97 Å². The van der Waals surface area contributed by atoms with Gasteiger partial charge in [-0.15, -0.1) is 0 Å². The summed E-state index contributed by atoms with van der Waals surface area (Å²) in [5.74, 6) is -0.799. The molecule has 1 aliphatic carbocycles. The molecule has 0 saturated carbocycles. The Morgan fingerprint density at radius 3 is 2.63 bits per heavy atom. The molecule has 106 valence electrons. The minimum Gasteiger partial charge on any atom is -0.481 e. The monoisotopic (exact) mass is 267 g/mol. The number of ether oxygens (including phenoxy) is 1. The maximum Gasteiger partial charge on any atom is 0.305 e. The molecule has 1 aliphatic heterocycles. The molecule has 5 nitrogen and oxygen atoms in total. The summed E-state index contributed by atoms with van der Waals surface area (Å²) in [7, 11) is 0. The first-order valence-electron chi connectivity index (χ1n) is 6.94. The number of hydrogen-bond donors (Lipinski definition) is 1. The van der Waals surface area contributed by atoms with Crippen LogP contribution in [0, 0.1) is 5.92 Å². The van der Waals surface area contributed by atoms with E-state index >= 15 is 0 Å². The van der Waals surface area contributed by atoms with E-state index in [4.69, 9.17) is 9.84 Å². The van der Waals surface area contributed by atoms with Gasteiger partial charge in [-0.05, 0) is 25.7 Å². The predicted octanol–water partition coefficient (Wildman–Crippen LogP) is 1.43. The highest BCUT2D eigenvalue weighted by molar-refractivity contribution is 5.80. The summed E-state index contributed by atoms with van der Waals surface area (Å²) in [4.78, 5) is 24.8. The van der Waals surface area contributed by atoms with Crippen LogP contribution in [0.3, 0.4) is 0 Å². The Labute approximate surface area is 113 Å². The molecule has 0 spiro atoms. The van der Waals surface area contributed by atoms with Gasteiger partial charge in [0.25, 0.3) is 0 Å². The topological polar surface area (TPSA) is 66.8 Å². The lowest BCUT2D eigenvalue weighted by atomic mass is 10.0. The number of carbonyl (C=O) groups excluding carboxylic acids is 1. The second-order valence-corrected chi connectivity index (χ2v) is 5.20. The lowest BCUT2D eigenvalue weighted by molar-refractivity contribution is -0.140. The molecule has 1 fully saturated rings. The number of carbonyl (C=O) groups is 2. The fraction of sp³-hybridized carbons (Fsp3) is 0.714. The summed E-state index contributed by atoms with van der Waals surface area (Å²) in [6.45, 7) is 1.56. The number of carboxylic acid groups (broad SMARTS) is 1. The Morgan fingerprint density at radius 1 is 1.32 bits per heavy atom. The van der Waals surface area contributed by atoms with E-state index in [2.05, 4.69) is 0 Å². The molecule has 1 saturated heterocycles. The first-order chi connectivity index (χ1) is 9.16. The third-order valence-corrected chi connectivity index (χ3v) is 3.71. The van der Waals surface area contributed by atoms with Crippen LogP contribution in [0.1, 0.15) is 32.1 Å². The fourth-order valence-electron chi connectivity index (χ4n) is 2.63. The standard InChI is InChI=1S/C14H21NO4/c16-13(17)7-8-15(10-12-6-3-9-19-12)14(18)11-4-1-2-5-11/h1-2,11-12H,3-10H2,(H,16,17). The van der Waals surface area contributed by atoms with Crippen LogP contribution < -0.4 is 0 Å². The molecular formula is C14H21NO4. The van der Waals surface area contributed by atoms with Gasteiger partial charge in [0.2, 0.25) is 5.91 Å². The number of nitrogens with zero attached hydrogens (tertiary/aromatic N) is 1. The Balaban J connectivity index is 1.91. The van der Waals surface area contributed by atoms with Crippen LogP contribution in [0.4, 0.5) is 0 Å². The molecule has 0 bridgehead atoms. The van der Waals surface area contributed by atoms with Crippen molar-refractivity contribution in [2.75, 3.05) is 19.7 Å². The first-order valence-corrected chi connectivity index (χ1v) is 6.94. The molecule has 1 heterocycles. The normalized spacial score (nSPS) is 22.8. The molecule has 0 radical (unpaired) electrons. The van der Waals surface area contributed by atoms with Crippen molar-refractivity contribution in [1.29, 1.82) is 0 Å². The molecular weight excluding hydrogens is 246 g/mol. The van der Waals surface area contributed by atoms with E-state index in [1.54, 1.807) is 4.90 Å². The molecule has 1 atom stereocenters. The Kier molecular flexibility index (Phi) is 4.96. The van der Waals surface area contributed by atoms with E-state index in [0.29, 0.717) is 6.54 Å². The van der Waals surface area contributed by atoms with Crippen molar-refractivity contribution in [3.8, 4) is 0 Å². The quantitative estimate of drug-likeness (QED) is 0.739. The molecule has 0 aromatic heterocycles. The van der Waals surface area contributed by atoms with Gasteiger partial charge in [-0.1, -0.05) is 12.2 Å². The lowest BCUT2D eigenvalue weighted by Crippen LogP contribution is -2.41. The fourth-order valence-corrected chi connectivity index (χ4v) is 2.63. The van der Waals surface area contributed by atoms with Gasteiger partial charge in [0.15, 0.2) is 0 Å². The van der Waals surface area contributed by atoms with E-state index in [0.717, 1.165) is 32.3 Å². The zero-order chi connectivity index (χ0) is 13.7. The smallest absolute Gasteiger partial charge is 0.305 e. The van der Waals surface area contributed by atoms with Crippen molar-refractivity contribution in [3.63, 3.8) is 0 Å². The molecule has 19 heavy (non-hydrogen) atoms. The molecule has 2 rings (SSSR count). The van der Waals surface area contributed by atoms with Crippen molar-refractivity contribution in [3.05, 3.63) is 12.2 Å². The third kappa shape index (κ3) is 4.06. The van der Waals surface area contributed by atoms with E-state index < -0.39 is 5.97 Å². The van der Waals surface area contributed by atoms with Gasteiger partial charge in [-0.25, -0.2) is 0 Å². The van der Waals surface area contributed by atoms with Crippen LogP contribution in [0.2, 0.25) is 0 Å². The molecule has 5 heteroatoms. The summed E-state index contributed by atoms with van der Waals surface area (Å²) < 4.78 is 5.55. The summed E-state index contributed by atoms with van der Waals surface area (Å²) in [5, 5.41) is 8.79. The predicted molar refractivity (Wildman–Crippen MR) is 69.7 cm³/mol. The minimum atomic E-state index is -0.866. The number of amides is 1. The third-order valence-electron chi connectivity index (χ3n) is 3.71. The Bertz CT molecular complexity index is 352. The number of carboxylic acids is 1. The van der Waals surface area contributed by atoms with Crippen molar-refractivity contribution >= 4 is 11.9 Å². The van der Waals surface area contributed by atoms with Crippen molar-refractivity contribution in [2.45, 2.75) is 38.2 Å². The highest BCUT2D eigenvalue weighted by atomic mass is 16.5. The molecule has 1 unspecified atom stereocenters. The van der Waals surface area contributed by atoms with Gasteiger partial charge in [0, 0.05) is 25.6 Å². The maximum absolute atomic E-state index is 12.4. The second kappa shape index (κ2) is 6.70. The van der Waals surface area contributed by atoms with Gasteiger partial charge in [0.1, 0.15) is 0 Å². The zero-order valence-corrected chi connectivity index (χ0v) is 11.1. The maximum atomic E-state index is 12.4. The Hall–Kier alpha value is -1.36. The van der Waals surface area contributed by atoms with Gasteiger partial charge in [0.05, 0.1) is 12.5 Å². The number of rotatable bonds is 6. The van der Waals surface area contributed by atoms with Crippen molar-refractivity contribution in [1.82, 2.24) is 4.90 Å². The van der Waals surface area contributed by atoms with Gasteiger partial charge < -0.3 is 14.7 Å². The summed E-state index contributed by atoms with van der Waals surface area (Å²) >= 11 is 0. The molecule has 0 aromatic rings. The molecule has 1 N–H and O–H groups in total. The zero-order valence-electron chi connectivity index (χ0n) is 11.1. The highest BCUT2D eigenvalue weighted by Crippen LogP contribution is 2.22. The van der Waals surface area contributed by atoms with Crippen LogP contribution in [0.15, 0.2) is 12.2 Å². The number of hydrogen-bond acceptors (Lipinski definition) is 3. The van der Waals surface area contributed by atoms with E-state index in [1.807, 2.05) is 12.2 Å². The minimum absolute atomic E-state index is 0.00138. The average molecular weight is 267 g/mol. The average Bonchev–Trinajstić information content (AvgIpc) is 3.06. The SMILES string of the molecule is O=C(O)CCN(CC1CCCO1)C(=O)C1CC=CC1. The highest BCUT2D eigenvalue weighted by Gasteiger charge is 2.28. The van der Waals surface area contributed by atoms with Crippen LogP contribution in [-0.2, 0) is 14.3 Å². The molecule has 1 amide bonds. The van der Waals surface area contributed by atoms with Crippen molar-refractivity contribution in [2.24, 2.45) is 5.92 Å². The van der Waals surface area contributed by atoms with Crippen LogP contribution in [0.25, 0.3) is 0 Å². The van der Waals surface area contributed by atoms with E-state index in [-0.39, 0.29) is 30.9 Å². The largest absolute Gasteiger partial charge is 0.481 e. The molecule has 0 aromatic carbocycles. The second-order valence-electron chi connectivity index (χ2n) is 5.20. The lowest BCUT2D eigenvalue weighted by Gasteiger charge is -2.27. The van der Waals surface area contributed by atoms with Crippen molar-refractivity contribution < 1.29 is 19.4 Å². The summed E-state index contributed by atoms with van der Waals surface area (Å²) in [6.07, 6.45) is 7.64. The van der Waals surface area contributed by atoms with Gasteiger partial charge in [-0.2, -0.15) is 0 Å². The van der Waals surface area contributed by atoms with Crippen LogP contribution in [0.5, 0.6) is 0 Å². The molecule has 2 aliphatic rings. The first kappa shape index (κ1) is 14.1. The van der Waals surface area contributed by atoms with E-state index in [1.165, 1.54) is 0 Å². The van der Waals surface area contributed by atoms with Crippen LogP contribution in [-0.4, -0.2) is 47.7 Å². The van der Waals surface area contributed by atoms with E-state index in [9.17, 15) is 9.59 Å². The van der Waals surface area contributed by atoms with Crippen LogP contribution >= 0.6 is 0 Å². The summed E-state index contributed by atoms with van der Waals surface area (Å²) in [6, 6.07) is 0. The Morgan fingerprint density at radius 2 is 2.05 bits per heavy atom. The van der Waals surface area contributed by atoms with Gasteiger partial charge in [-0.3, -0.25) is 9.59 Å².